The van der Waals surface area contributed by atoms with Crippen LogP contribution in [0, 0.1) is 0 Å². The molecular formula is C53H54N6O10S. The molecule has 0 saturated heterocycles. The number of allylic oxidation sites excluding steroid dienone is 1. The van der Waals surface area contributed by atoms with Crippen molar-refractivity contribution in [2.45, 2.75) is 80.9 Å². The van der Waals surface area contributed by atoms with Gasteiger partial charge in [-0.1, -0.05) is 133 Å². The van der Waals surface area contributed by atoms with Gasteiger partial charge in [0.15, 0.2) is 12.2 Å². The molecule has 0 aromatic heterocycles. The number of carbonyl (C=O) groups excluding carboxylic acids is 6. The Bertz CT molecular complexity index is 2670. The number of rotatable bonds is 12. The molecule has 16 nitrogen and oxygen atoms in total. The van der Waals surface area contributed by atoms with Crippen molar-refractivity contribution in [1.82, 2.24) is 26.6 Å². The van der Waals surface area contributed by atoms with E-state index in [1.807, 2.05) is 48.5 Å². The number of carboxylic acids is 1. The number of aliphatic hydroxyl groups is 2. The van der Waals surface area contributed by atoms with Crippen molar-refractivity contribution in [2.75, 3.05) is 11.1 Å². The first-order chi connectivity index (χ1) is 33.8. The van der Waals surface area contributed by atoms with Gasteiger partial charge in [0.1, 0.15) is 30.2 Å². The third-order valence-electron chi connectivity index (χ3n) is 11.9. The van der Waals surface area contributed by atoms with Crippen molar-refractivity contribution in [3.63, 3.8) is 0 Å². The fraction of sp³-hybridized carbons (Fsp3) is 0.264. The van der Waals surface area contributed by atoms with Gasteiger partial charge in [0.2, 0.25) is 23.6 Å². The second-order valence-electron chi connectivity index (χ2n) is 17.1. The Kier molecular flexibility index (Phi) is 17.3. The number of carboxylic acid groups (broad SMARTS) is 1. The Balaban J connectivity index is 1.25. The smallest absolute Gasteiger partial charge is 0.326 e. The van der Waals surface area contributed by atoms with Crippen LogP contribution in [0.3, 0.4) is 0 Å². The number of hydrogen-bond acceptors (Lipinski definition) is 10. The molecule has 0 fully saturated rings. The first-order valence-corrected chi connectivity index (χ1v) is 23.8. The summed E-state index contributed by atoms with van der Waals surface area (Å²) in [4.78, 5) is 98.2. The third kappa shape index (κ3) is 14.0. The van der Waals surface area contributed by atoms with Gasteiger partial charge in [-0.25, -0.2) is 4.79 Å². The standard InChI is InChI=1S/C53H54N6O10S/c60-45-46(61)52(67)58-43(31-39-17-10-26-70-39)50(65)57-41(28-34-18-22-37(23-19-34)36-15-8-3-9-16-36)48(63)55-40(27-32-11-4-1-5-12-32)47(62)56-42(29-35-20-24-38(25-21-35)54-51(45)66)49(64)59-44(53(68)69)30-33-13-6-2-7-14-33/h1-9,11-25,40-46,60-61H,10,26-31H2,(H,54,66)(H,55,63)(H,56,62)(H,57,65)(H,58,67)(H,59,64)(H,68,69)/t40-,41+,42-,43-,44+,45-,46-/m1/s1. The zero-order valence-electron chi connectivity index (χ0n) is 38.0. The Morgan fingerprint density at radius 2 is 1.07 bits per heavy atom. The predicted octanol–water partition coefficient (Wildman–Crippen LogP) is 3.22. The lowest BCUT2D eigenvalue weighted by molar-refractivity contribution is -0.144. The van der Waals surface area contributed by atoms with Gasteiger partial charge in [-0.05, 0) is 56.8 Å². The second kappa shape index (κ2) is 24.1. The molecule has 70 heavy (non-hydrogen) atoms. The third-order valence-corrected chi connectivity index (χ3v) is 13.0. The zero-order chi connectivity index (χ0) is 49.6. The van der Waals surface area contributed by atoms with Gasteiger partial charge in [-0.3, -0.25) is 28.8 Å². The lowest BCUT2D eigenvalue weighted by Gasteiger charge is -2.28. The normalized spacial score (nSPS) is 21.9. The van der Waals surface area contributed by atoms with Crippen LogP contribution in [0.25, 0.3) is 11.1 Å². The summed E-state index contributed by atoms with van der Waals surface area (Å²) in [6, 6.07) is 33.4. The SMILES string of the molecule is O=C(O)[C@H](Cc1ccccc1)NC(=O)[C@H]1Cc2ccc(cc2)NC(=O)[C@H](O)[C@@H](O)C(=O)N[C@H](CC2=CCCS2)C(=O)N[C@@H](Cc2ccc(-c3ccccc3)cc2)C(=O)N[C@H](Cc2ccccc2)C(=O)N1. The fourth-order valence-electron chi connectivity index (χ4n) is 8.06. The van der Waals surface area contributed by atoms with E-state index in [1.165, 1.54) is 36.0 Å². The van der Waals surface area contributed by atoms with Crippen LogP contribution in [-0.4, -0.2) is 105 Å². The van der Waals surface area contributed by atoms with E-state index < -0.39 is 83.8 Å². The Labute approximate surface area is 408 Å². The minimum Gasteiger partial charge on any atom is -0.480 e. The summed E-state index contributed by atoms with van der Waals surface area (Å²) in [5, 5.41) is 47.9. The van der Waals surface area contributed by atoms with Gasteiger partial charge in [0.25, 0.3) is 11.8 Å². The van der Waals surface area contributed by atoms with Crippen molar-refractivity contribution in [2.24, 2.45) is 0 Å². The molecule has 7 atom stereocenters. The zero-order valence-corrected chi connectivity index (χ0v) is 38.8. The highest BCUT2D eigenvalue weighted by Gasteiger charge is 2.36. The fourth-order valence-corrected chi connectivity index (χ4v) is 9.08. The van der Waals surface area contributed by atoms with E-state index in [1.54, 1.807) is 72.8 Å². The summed E-state index contributed by atoms with van der Waals surface area (Å²) >= 11 is 1.46. The molecule has 3 heterocycles. The number of thioether (sulfide) groups is 1. The molecule has 6 amide bonds. The number of hydrogen-bond donors (Lipinski definition) is 9. The quantitative estimate of drug-likeness (QED) is 0.0822. The summed E-state index contributed by atoms with van der Waals surface area (Å²) in [7, 11) is 0. The molecule has 8 rings (SSSR count). The van der Waals surface area contributed by atoms with Gasteiger partial charge in [-0.2, -0.15) is 0 Å². The Morgan fingerprint density at radius 1 is 0.571 bits per heavy atom. The summed E-state index contributed by atoms with van der Waals surface area (Å²) in [6.45, 7) is 0. The van der Waals surface area contributed by atoms with E-state index in [0.717, 1.165) is 21.8 Å². The van der Waals surface area contributed by atoms with Gasteiger partial charge in [0, 0.05) is 43.5 Å². The highest BCUT2D eigenvalue weighted by molar-refractivity contribution is 8.03. The Hall–Kier alpha value is -7.60. The molecule has 5 aromatic rings. The van der Waals surface area contributed by atoms with Crippen LogP contribution in [0.2, 0.25) is 0 Å². The lowest BCUT2D eigenvalue weighted by Crippen LogP contribution is -2.60. The Morgan fingerprint density at radius 3 is 1.64 bits per heavy atom. The highest BCUT2D eigenvalue weighted by atomic mass is 32.2. The maximum atomic E-state index is 14.8. The maximum absolute atomic E-state index is 14.8. The summed E-state index contributed by atoms with van der Waals surface area (Å²) in [5.41, 5.74) is 4.34. The van der Waals surface area contributed by atoms with Crippen LogP contribution in [0.15, 0.2) is 151 Å². The van der Waals surface area contributed by atoms with E-state index in [-0.39, 0.29) is 37.8 Å². The molecule has 9 N–H and O–H groups in total. The molecule has 0 saturated carbocycles. The number of anilines is 1. The summed E-state index contributed by atoms with van der Waals surface area (Å²) in [5.74, 6) is -6.20. The largest absolute Gasteiger partial charge is 0.480 e. The van der Waals surface area contributed by atoms with E-state index in [9.17, 15) is 48.9 Å². The molecule has 5 aromatic carbocycles. The number of aliphatic carboxylic acids is 1. The molecule has 0 aliphatic carbocycles. The average Bonchev–Trinajstić information content (AvgIpc) is 3.89. The van der Waals surface area contributed by atoms with Crippen molar-refractivity contribution < 1.29 is 48.9 Å². The second-order valence-corrected chi connectivity index (χ2v) is 18.3. The topological polar surface area (TPSA) is 252 Å². The van der Waals surface area contributed by atoms with Gasteiger partial charge >= 0.3 is 5.97 Å². The van der Waals surface area contributed by atoms with Gasteiger partial charge < -0.3 is 47.2 Å². The molecule has 0 spiro atoms. The number of carbonyl (C=O) groups is 7. The number of fused-ring (bicyclic) bond motifs is 18. The van der Waals surface area contributed by atoms with E-state index >= 15 is 0 Å². The molecule has 17 heteroatoms. The van der Waals surface area contributed by atoms with E-state index in [4.69, 9.17) is 0 Å². The van der Waals surface area contributed by atoms with Crippen LogP contribution >= 0.6 is 11.8 Å². The lowest BCUT2D eigenvalue weighted by atomic mass is 9.98. The molecule has 362 valence electrons. The number of benzene rings is 5. The highest BCUT2D eigenvalue weighted by Crippen LogP contribution is 2.29. The number of aliphatic hydroxyl groups excluding tert-OH is 2. The first-order valence-electron chi connectivity index (χ1n) is 22.8. The first kappa shape index (κ1) is 50.3. The van der Waals surface area contributed by atoms with E-state index in [2.05, 4.69) is 31.9 Å². The van der Waals surface area contributed by atoms with Crippen LogP contribution in [0.1, 0.15) is 35.1 Å². The van der Waals surface area contributed by atoms with Crippen molar-refractivity contribution >= 4 is 58.9 Å². The number of amides is 6. The number of nitrogens with one attached hydrogen (secondary N) is 6. The molecule has 0 radical (unpaired) electrons. The van der Waals surface area contributed by atoms with Crippen LogP contribution < -0.4 is 31.9 Å². The molecule has 0 unspecified atom stereocenters. The minimum atomic E-state index is -2.32. The summed E-state index contributed by atoms with van der Waals surface area (Å²) in [6.07, 6.45) is -2.45. The average molecular weight is 967 g/mol. The van der Waals surface area contributed by atoms with Crippen LogP contribution in [0.4, 0.5) is 5.69 Å². The van der Waals surface area contributed by atoms with E-state index in [0.29, 0.717) is 28.7 Å². The molecule has 3 aliphatic heterocycles. The monoisotopic (exact) mass is 966 g/mol. The van der Waals surface area contributed by atoms with Crippen LogP contribution in [0.5, 0.6) is 0 Å². The molecule has 2 bridgehead atoms. The van der Waals surface area contributed by atoms with Gasteiger partial charge in [0.05, 0.1) is 0 Å². The van der Waals surface area contributed by atoms with Crippen molar-refractivity contribution in [1.29, 1.82) is 0 Å². The maximum Gasteiger partial charge on any atom is 0.326 e. The molecule has 3 aliphatic rings. The van der Waals surface area contributed by atoms with Gasteiger partial charge in [-0.15, -0.1) is 11.8 Å². The van der Waals surface area contributed by atoms with Crippen LogP contribution in [-0.2, 0) is 59.2 Å². The van der Waals surface area contributed by atoms with Crippen molar-refractivity contribution in [3.8, 4) is 11.1 Å². The summed E-state index contributed by atoms with van der Waals surface area (Å²) < 4.78 is 0. The predicted molar refractivity (Wildman–Crippen MR) is 264 cm³/mol. The van der Waals surface area contributed by atoms with Crippen molar-refractivity contribution in [3.05, 3.63) is 173 Å². The molecular weight excluding hydrogens is 913 g/mol. The minimum absolute atomic E-state index is 0.0414.